The van der Waals surface area contributed by atoms with Crippen molar-refractivity contribution in [3.8, 4) is 0 Å². The number of benzene rings is 1. The average molecular weight is 332 g/mol. The molecular weight excluding hydrogens is 300 g/mol. The van der Waals surface area contributed by atoms with Gasteiger partial charge >= 0.3 is 6.03 Å². The van der Waals surface area contributed by atoms with Crippen molar-refractivity contribution in [2.45, 2.75) is 52.4 Å². The topological polar surface area (TPSA) is 52.6 Å². The van der Waals surface area contributed by atoms with Crippen molar-refractivity contribution in [2.24, 2.45) is 5.41 Å². The molecular formula is C20H32N2O2. The van der Waals surface area contributed by atoms with Gasteiger partial charge in [-0.25, -0.2) is 4.79 Å². The van der Waals surface area contributed by atoms with Crippen molar-refractivity contribution < 1.29 is 9.90 Å². The minimum absolute atomic E-state index is 0.0115. The predicted octanol–water partition coefficient (Wildman–Crippen LogP) is 3.47. The molecule has 2 N–H and O–H groups in total. The molecule has 4 heteroatoms. The number of aryl methyl sites for hydroxylation is 1. The Bertz CT molecular complexity index is 555. The number of urea groups is 1. The number of carbonyl (C=O) groups excluding carboxylic acids is 1. The first-order valence-electron chi connectivity index (χ1n) is 9.03. The van der Waals surface area contributed by atoms with Crippen LogP contribution in [0.1, 0.15) is 51.2 Å². The molecule has 0 spiro atoms. The van der Waals surface area contributed by atoms with Gasteiger partial charge in [-0.05, 0) is 37.2 Å². The Morgan fingerprint density at radius 1 is 1.33 bits per heavy atom. The quantitative estimate of drug-likeness (QED) is 0.867. The SMILES string of the molecule is CCC1(CO)CCN(C(=O)NCC(C)(C)c2cccc(C)c2)CC1. The summed E-state index contributed by atoms with van der Waals surface area (Å²) in [6.45, 7) is 10.8. The summed E-state index contributed by atoms with van der Waals surface area (Å²) in [7, 11) is 0. The molecule has 0 atom stereocenters. The van der Waals surface area contributed by atoms with Gasteiger partial charge in [-0.2, -0.15) is 0 Å². The van der Waals surface area contributed by atoms with Gasteiger partial charge in [0, 0.05) is 31.7 Å². The maximum absolute atomic E-state index is 12.5. The number of aliphatic hydroxyl groups excluding tert-OH is 1. The monoisotopic (exact) mass is 332 g/mol. The zero-order valence-corrected chi connectivity index (χ0v) is 15.6. The lowest BCUT2D eigenvalue weighted by Gasteiger charge is -2.40. The van der Waals surface area contributed by atoms with Crippen LogP contribution in [0, 0.1) is 12.3 Å². The molecule has 1 saturated heterocycles. The molecule has 0 aromatic heterocycles. The Morgan fingerprint density at radius 3 is 2.54 bits per heavy atom. The number of amides is 2. The normalized spacial score (nSPS) is 17.6. The number of nitrogens with one attached hydrogen (secondary N) is 1. The number of nitrogens with zero attached hydrogens (tertiary/aromatic N) is 1. The third kappa shape index (κ3) is 4.29. The van der Waals surface area contributed by atoms with Gasteiger partial charge in [0.25, 0.3) is 0 Å². The fourth-order valence-corrected chi connectivity index (χ4v) is 3.38. The second-order valence-electron chi connectivity index (χ2n) is 7.91. The third-order valence-electron chi connectivity index (χ3n) is 5.68. The van der Waals surface area contributed by atoms with E-state index in [0.29, 0.717) is 6.54 Å². The Balaban J connectivity index is 1.89. The molecule has 24 heavy (non-hydrogen) atoms. The first kappa shape index (κ1) is 18.8. The summed E-state index contributed by atoms with van der Waals surface area (Å²) in [5, 5.41) is 12.7. The number of aliphatic hydroxyl groups is 1. The van der Waals surface area contributed by atoms with Crippen LogP contribution in [0.3, 0.4) is 0 Å². The molecule has 0 radical (unpaired) electrons. The van der Waals surface area contributed by atoms with Crippen molar-refractivity contribution >= 4 is 6.03 Å². The molecule has 1 fully saturated rings. The van der Waals surface area contributed by atoms with Crippen LogP contribution in [0.5, 0.6) is 0 Å². The summed E-state index contributed by atoms with van der Waals surface area (Å²) in [6, 6.07) is 8.48. The second-order valence-corrected chi connectivity index (χ2v) is 7.91. The number of hydrogen-bond acceptors (Lipinski definition) is 2. The highest BCUT2D eigenvalue weighted by Gasteiger charge is 2.34. The van der Waals surface area contributed by atoms with Crippen LogP contribution in [-0.2, 0) is 5.41 Å². The van der Waals surface area contributed by atoms with Gasteiger partial charge in [0.15, 0.2) is 0 Å². The van der Waals surface area contributed by atoms with E-state index in [1.807, 2.05) is 4.90 Å². The van der Waals surface area contributed by atoms with Crippen LogP contribution in [0.25, 0.3) is 0 Å². The zero-order valence-electron chi connectivity index (χ0n) is 15.6. The lowest BCUT2D eigenvalue weighted by atomic mass is 9.77. The van der Waals surface area contributed by atoms with Crippen molar-refractivity contribution in [2.75, 3.05) is 26.2 Å². The smallest absolute Gasteiger partial charge is 0.317 e. The van der Waals surface area contributed by atoms with E-state index >= 15 is 0 Å². The summed E-state index contributed by atoms with van der Waals surface area (Å²) < 4.78 is 0. The number of piperidine rings is 1. The second kappa shape index (κ2) is 7.56. The first-order chi connectivity index (χ1) is 11.3. The van der Waals surface area contributed by atoms with Gasteiger partial charge in [0.2, 0.25) is 0 Å². The molecule has 134 valence electrons. The summed E-state index contributed by atoms with van der Waals surface area (Å²) in [4.78, 5) is 14.4. The van der Waals surface area contributed by atoms with Gasteiger partial charge in [-0.15, -0.1) is 0 Å². The Labute approximate surface area is 146 Å². The largest absolute Gasteiger partial charge is 0.396 e. The van der Waals surface area contributed by atoms with E-state index in [4.69, 9.17) is 0 Å². The van der Waals surface area contributed by atoms with E-state index in [1.54, 1.807) is 0 Å². The zero-order chi connectivity index (χ0) is 17.8. The fraction of sp³-hybridized carbons (Fsp3) is 0.650. The van der Waals surface area contributed by atoms with E-state index in [0.717, 1.165) is 32.4 Å². The number of hydrogen-bond donors (Lipinski definition) is 2. The summed E-state index contributed by atoms with van der Waals surface area (Å²) in [5.41, 5.74) is 2.39. The average Bonchev–Trinajstić information content (AvgIpc) is 2.60. The lowest BCUT2D eigenvalue weighted by Crippen LogP contribution is -2.50. The fourth-order valence-electron chi connectivity index (χ4n) is 3.38. The van der Waals surface area contributed by atoms with Crippen molar-refractivity contribution in [1.82, 2.24) is 10.2 Å². The summed E-state index contributed by atoms with van der Waals surface area (Å²) in [5.74, 6) is 0. The van der Waals surface area contributed by atoms with Crippen LogP contribution in [0.2, 0.25) is 0 Å². The molecule has 1 aromatic carbocycles. The standard InChI is InChI=1S/C20H32N2O2/c1-5-20(15-23)9-11-22(12-10-20)18(24)21-14-19(3,4)17-8-6-7-16(2)13-17/h6-8,13,23H,5,9-12,14-15H2,1-4H3,(H,21,24). The van der Waals surface area contributed by atoms with Gasteiger partial charge in [-0.3, -0.25) is 0 Å². The molecule has 2 rings (SSSR count). The van der Waals surface area contributed by atoms with E-state index in [1.165, 1.54) is 11.1 Å². The van der Waals surface area contributed by atoms with E-state index in [-0.39, 0.29) is 23.5 Å². The molecule has 0 saturated carbocycles. The minimum atomic E-state index is -0.101. The molecule has 1 heterocycles. The number of likely N-dealkylation sites (tertiary alicyclic amines) is 1. The highest BCUT2D eigenvalue weighted by molar-refractivity contribution is 5.74. The Morgan fingerprint density at radius 2 is 2.00 bits per heavy atom. The number of rotatable bonds is 5. The van der Waals surface area contributed by atoms with Crippen molar-refractivity contribution in [1.29, 1.82) is 0 Å². The van der Waals surface area contributed by atoms with E-state index in [2.05, 4.69) is 57.3 Å². The Hall–Kier alpha value is -1.55. The molecule has 0 unspecified atom stereocenters. The van der Waals surface area contributed by atoms with Crippen molar-refractivity contribution in [3.05, 3.63) is 35.4 Å². The highest BCUT2D eigenvalue weighted by atomic mass is 16.3. The molecule has 4 nitrogen and oxygen atoms in total. The summed E-state index contributed by atoms with van der Waals surface area (Å²) >= 11 is 0. The van der Waals surface area contributed by atoms with Crippen LogP contribution >= 0.6 is 0 Å². The first-order valence-corrected chi connectivity index (χ1v) is 9.03. The molecule has 1 aromatic rings. The molecule has 2 amide bonds. The number of carbonyl (C=O) groups is 1. The van der Waals surface area contributed by atoms with E-state index in [9.17, 15) is 9.90 Å². The Kier molecular flexibility index (Phi) is 5.92. The minimum Gasteiger partial charge on any atom is -0.396 e. The van der Waals surface area contributed by atoms with Gasteiger partial charge in [-0.1, -0.05) is 50.6 Å². The van der Waals surface area contributed by atoms with Gasteiger partial charge < -0.3 is 15.3 Å². The van der Waals surface area contributed by atoms with E-state index < -0.39 is 0 Å². The van der Waals surface area contributed by atoms with Crippen LogP contribution in [-0.4, -0.2) is 42.3 Å². The summed E-state index contributed by atoms with van der Waals surface area (Å²) in [6.07, 6.45) is 2.74. The molecule has 0 aliphatic carbocycles. The molecule has 1 aliphatic rings. The highest BCUT2D eigenvalue weighted by Crippen LogP contribution is 2.34. The molecule has 1 aliphatic heterocycles. The third-order valence-corrected chi connectivity index (χ3v) is 5.68. The van der Waals surface area contributed by atoms with Crippen molar-refractivity contribution in [3.63, 3.8) is 0 Å². The van der Waals surface area contributed by atoms with Crippen LogP contribution in [0.4, 0.5) is 4.79 Å². The maximum atomic E-state index is 12.5. The molecule has 0 bridgehead atoms. The van der Waals surface area contributed by atoms with Gasteiger partial charge in [0.1, 0.15) is 0 Å². The predicted molar refractivity (Wildman–Crippen MR) is 98.2 cm³/mol. The lowest BCUT2D eigenvalue weighted by molar-refractivity contribution is 0.0518. The van der Waals surface area contributed by atoms with Crippen LogP contribution in [0.15, 0.2) is 24.3 Å². The maximum Gasteiger partial charge on any atom is 0.317 e. The van der Waals surface area contributed by atoms with Crippen LogP contribution < -0.4 is 5.32 Å². The van der Waals surface area contributed by atoms with Gasteiger partial charge in [0.05, 0.1) is 0 Å².